The number of hydrogen-bond donors (Lipinski definition) is 0. The molecule has 0 heterocycles. The van der Waals surface area contributed by atoms with E-state index in [9.17, 15) is 9.59 Å². The van der Waals surface area contributed by atoms with E-state index < -0.39 is 12.1 Å². The summed E-state index contributed by atoms with van der Waals surface area (Å²) in [6.45, 7) is 3.51. The van der Waals surface area contributed by atoms with E-state index in [1.807, 2.05) is 49.4 Å². The molecular weight excluding hydrogens is 318 g/mol. The van der Waals surface area contributed by atoms with Crippen LogP contribution in [0.1, 0.15) is 18.1 Å². The van der Waals surface area contributed by atoms with Crippen LogP contribution in [0.2, 0.25) is 0 Å². The van der Waals surface area contributed by atoms with Gasteiger partial charge >= 0.3 is 5.97 Å². The Morgan fingerprint density at radius 1 is 1.12 bits per heavy atom. The van der Waals surface area contributed by atoms with E-state index in [-0.39, 0.29) is 12.3 Å². The van der Waals surface area contributed by atoms with Crippen molar-refractivity contribution in [1.29, 1.82) is 0 Å². The number of esters is 1. The van der Waals surface area contributed by atoms with Gasteiger partial charge in [-0.05, 0) is 43.2 Å². The molecule has 2 aromatic rings. The molecule has 0 saturated carbocycles. The SMILES string of the molecule is COc1cc(CC(=O)OC(C)C(=O)N(C)c2ccccc2)ccc1C. The van der Waals surface area contributed by atoms with Gasteiger partial charge < -0.3 is 14.4 Å². The smallest absolute Gasteiger partial charge is 0.311 e. The number of aryl methyl sites for hydroxylation is 1. The highest BCUT2D eigenvalue weighted by Gasteiger charge is 2.22. The van der Waals surface area contributed by atoms with Gasteiger partial charge in [-0.25, -0.2) is 0 Å². The normalized spacial score (nSPS) is 11.5. The first-order chi connectivity index (χ1) is 11.9. The molecule has 0 bridgehead atoms. The maximum atomic E-state index is 12.4. The molecule has 5 nitrogen and oxygen atoms in total. The fourth-order valence-electron chi connectivity index (χ4n) is 2.48. The zero-order valence-corrected chi connectivity index (χ0v) is 15.0. The van der Waals surface area contributed by atoms with Crippen LogP contribution in [0.15, 0.2) is 48.5 Å². The van der Waals surface area contributed by atoms with Crippen LogP contribution < -0.4 is 9.64 Å². The second-order valence-corrected chi connectivity index (χ2v) is 5.85. The molecule has 0 saturated heterocycles. The Labute approximate surface area is 148 Å². The summed E-state index contributed by atoms with van der Waals surface area (Å²) >= 11 is 0. The standard InChI is InChI=1S/C20H23NO4/c1-14-10-11-16(12-18(14)24-4)13-19(22)25-15(2)20(23)21(3)17-8-6-5-7-9-17/h5-12,15H,13H2,1-4H3. The second-order valence-electron chi connectivity index (χ2n) is 5.85. The third-order valence-corrected chi connectivity index (χ3v) is 3.95. The lowest BCUT2D eigenvalue weighted by molar-refractivity contribution is -0.153. The first kappa shape index (κ1) is 18.5. The molecule has 0 aliphatic carbocycles. The lowest BCUT2D eigenvalue weighted by Crippen LogP contribution is -2.37. The summed E-state index contributed by atoms with van der Waals surface area (Å²) in [6.07, 6.45) is -0.770. The molecular formula is C20H23NO4. The predicted octanol–water partition coefficient (Wildman–Crippen LogP) is 3.14. The van der Waals surface area contributed by atoms with Gasteiger partial charge in [-0.3, -0.25) is 9.59 Å². The van der Waals surface area contributed by atoms with Crippen LogP contribution in [0.3, 0.4) is 0 Å². The number of benzene rings is 2. The van der Waals surface area contributed by atoms with Crippen molar-refractivity contribution in [2.75, 3.05) is 19.1 Å². The van der Waals surface area contributed by atoms with Gasteiger partial charge in [0.05, 0.1) is 13.5 Å². The number of likely N-dealkylation sites (N-methyl/N-ethyl adjacent to an activating group) is 1. The fourth-order valence-corrected chi connectivity index (χ4v) is 2.48. The molecule has 0 N–H and O–H groups in total. The molecule has 25 heavy (non-hydrogen) atoms. The van der Waals surface area contributed by atoms with Crippen molar-refractivity contribution in [2.24, 2.45) is 0 Å². The number of methoxy groups -OCH3 is 1. The van der Waals surface area contributed by atoms with Gasteiger partial charge in [0.25, 0.3) is 5.91 Å². The number of amides is 1. The Bertz CT molecular complexity index is 743. The van der Waals surface area contributed by atoms with Gasteiger partial charge in [0.15, 0.2) is 6.10 Å². The number of carbonyl (C=O) groups is 2. The zero-order chi connectivity index (χ0) is 18.4. The molecule has 1 unspecified atom stereocenters. The largest absolute Gasteiger partial charge is 0.496 e. The van der Waals surface area contributed by atoms with Crippen LogP contribution >= 0.6 is 0 Å². The van der Waals surface area contributed by atoms with Crippen LogP contribution in [0.4, 0.5) is 5.69 Å². The summed E-state index contributed by atoms with van der Waals surface area (Å²) < 4.78 is 10.5. The van der Waals surface area contributed by atoms with Crippen LogP contribution in [0.25, 0.3) is 0 Å². The quantitative estimate of drug-likeness (QED) is 0.758. The Morgan fingerprint density at radius 3 is 2.44 bits per heavy atom. The molecule has 1 atom stereocenters. The monoisotopic (exact) mass is 341 g/mol. The van der Waals surface area contributed by atoms with Gasteiger partial charge in [0, 0.05) is 12.7 Å². The van der Waals surface area contributed by atoms with Crippen molar-refractivity contribution in [2.45, 2.75) is 26.4 Å². The summed E-state index contributed by atoms with van der Waals surface area (Å²) in [4.78, 5) is 26.0. The molecule has 0 spiro atoms. The van der Waals surface area contributed by atoms with Gasteiger partial charge in [0.2, 0.25) is 0 Å². The summed E-state index contributed by atoms with van der Waals surface area (Å²) in [5.74, 6) is -0.00695. The molecule has 132 valence electrons. The van der Waals surface area contributed by atoms with Crippen LogP contribution in [-0.4, -0.2) is 32.1 Å². The number of hydrogen-bond acceptors (Lipinski definition) is 4. The topological polar surface area (TPSA) is 55.8 Å². The summed E-state index contributed by atoms with van der Waals surface area (Å²) in [6, 6.07) is 14.8. The zero-order valence-electron chi connectivity index (χ0n) is 15.0. The van der Waals surface area contributed by atoms with Crippen molar-refractivity contribution in [3.05, 3.63) is 59.7 Å². The molecule has 2 rings (SSSR count). The van der Waals surface area contributed by atoms with Gasteiger partial charge in [-0.1, -0.05) is 30.3 Å². The minimum absolute atomic E-state index is 0.0866. The van der Waals surface area contributed by atoms with E-state index >= 15 is 0 Å². The van der Waals surface area contributed by atoms with Gasteiger partial charge in [-0.15, -0.1) is 0 Å². The highest BCUT2D eigenvalue weighted by Crippen LogP contribution is 2.20. The molecule has 0 aliphatic rings. The average molecular weight is 341 g/mol. The molecule has 5 heteroatoms. The minimum atomic E-state index is -0.856. The maximum absolute atomic E-state index is 12.4. The van der Waals surface area contributed by atoms with E-state index in [1.165, 1.54) is 4.90 Å². The third-order valence-electron chi connectivity index (χ3n) is 3.95. The van der Waals surface area contributed by atoms with Crippen LogP contribution in [-0.2, 0) is 20.7 Å². The first-order valence-electron chi connectivity index (χ1n) is 8.08. The van der Waals surface area contributed by atoms with E-state index in [4.69, 9.17) is 9.47 Å². The number of ether oxygens (including phenoxy) is 2. The van der Waals surface area contributed by atoms with Crippen molar-refractivity contribution < 1.29 is 19.1 Å². The average Bonchev–Trinajstić information content (AvgIpc) is 2.62. The molecule has 0 aliphatic heterocycles. The second kappa shape index (κ2) is 8.33. The Hall–Kier alpha value is -2.82. The molecule has 1 amide bonds. The molecule has 0 fully saturated rings. The highest BCUT2D eigenvalue weighted by molar-refractivity contribution is 5.96. The third kappa shape index (κ3) is 4.83. The number of rotatable bonds is 6. The van der Waals surface area contributed by atoms with E-state index in [0.29, 0.717) is 0 Å². The fraction of sp³-hybridized carbons (Fsp3) is 0.300. The molecule has 0 radical (unpaired) electrons. The van der Waals surface area contributed by atoms with Crippen LogP contribution in [0, 0.1) is 6.92 Å². The number of anilines is 1. The van der Waals surface area contributed by atoms with E-state index in [0.717, 1.165) is 22.6 Å². The minimum Gasteiger partial charge on any atom is -0.496 e. The summed E-state index contributed by atoms with van der Waals surface area (Å²) in [5, 5.41) is 0. The van der Waals surface area contributed by atoms with Crippen molar-refractivity contribution in [3.8, 4) is 5.75 Å². The number of nitrogens with zero attached hydrogens (tertiary/aromatic N) is 1. The molecule has 0 aromatic heterocycles. The van der Waals surface area contributed by atoms with Crippen molar-refractivity contribution in [1.82, 2.24) is 0 Å². The number of carbonyl (C=O) groups excluding carboxylic acids is 2. The van der Waals surface area contributed by atoms with Gasteiger partial charge in [0.1, 0.15) is 5.75 Å². The van der Waals surface area contributed by atoms with E-state index in [1.54, 1.807) is 27.1 Å². The van der Waals surface area contributed by atoms with Gasteiger partial charge in [-0.2, -0.15) is 0 Å². The van der Waals surface area contributed by atoms with Crippen molar-refractivity contribution in [3.63, 3.8) is 0 Å². The highest BCUT2D eigenvalue weighted by atomic mass is 16.5. The summed E-state index contributed by atoms with van der Waals surface area (Å²) in [5.41, 5.74) is 2.52. The molecule has 2 aromatic carbocycles. The lowest BCUT2D eigenvalue weighted by Gasteiger charge is -2.21. The number of para-hydroxylation sites is 1. The maximum Gasteiger partial charge on any atom is 0.311 e. The Morgan fingerprint density at radius 2 is 1.80 bits per heavy atom. The Kier molecular flexibility index (Phi) is 6.17. The van der Waals surface area contributed by atoms with E-state index in [2.05, 4.69) is 0 Å². The Balaban J connectivity index is 1.96. The predicted molar refractivity (Wildman–Crippen MR) is 96.8 cm³/mol. The van der Waals surface area contributed by atoms with Crippen molar-refractivity contribution >= 4 is 17.6 Å². The first-order valence-corrected chi connectivity index (χ1v) is 8.08. The summed E-state index contributed by atoms with van der Waals surface area (Å²) in [7, 11) is 3.25. The van der Waals surface area contributed by atoms with Crippen LogP contribution in [0.5, 0.6) is 5.75 Å². The lowest BCUT2D eigenvalue weighted by atomic mass is 10.1.